The van der Waals surface area contributed by atoms with Gasteiger partial charge in [0.25, 0.3) is 11.8 Å². The van der Waals surface area contributed by atoms with Crippen molar-refractivity contribution >= 4 is 46.3 Å². The fraction of sp³-hybridized carbons (Fsp3) is 0.455. The predicted molar refractivity (Wildman–Crippen MR) is 177 cm³/mol. The molecule has 1 saturated heterocycles. The fourth-order valence-corrected chi connectivity index (χ4v) is 5.62. The van der Waals surface area contributed by atoms with Gasteiger partial charge in [-0.25, -0.2) is 4.98 Å². The molecule has 0 atom stereocenters. The summed E-state index contributed by atoms with van der Waals surface area (Å²) < 4.78 is 5.66. The Morgan fingerprint density at radius 1 is 1.05 bits per heavy atom. The van der Waals surface area contributed by atoms with Crippen LogP contribution in [0, 0.1) is 5.92 Å². The lowest BCUT2D eigenvalue weighted by molar-refractivity contribution is -0.122. The SMILES string of the molecule is COc1cc(NC(=O)c2ccc(N3CCN(C)CC3)cc2)ccc1Nc1ncc2c(n1)N(CCC(C)C)C(C)(C)C(=O)N2C. The summed E-state index contributed by atoms with van der Waals surface area (Å²) in [5.74, 6) is 1.90. The standard InChI is InChI=1S/C33H44N8O3/c1-22(2)14-15-41-29-27(39(6)31(43)33(41,3)4)21-34-32(37-29)36-26-13-10-24(20-28(26)44-7)35-30(42)23-8-11-25(12-9-23)40-18-16-38(5)17-19-40/h8-13,20-22H,14-19H2,1-7H3,(H,35,42)(H,34,36,37). The van der Waals surface area contributed by atoms with Crippen molar-refractivity contribution in [1.82, 2.24) is 14.9 Å². The van der Waals surface area contributed by atoms with Gasteiger partial charge in [-0.2, -0.15) is 4.98 Å². The zero-order valence-corrected chi connectivity index (χ0v) is 26.8. The number of hydrogen-bond acceptors (Lipinski definition) is 9. The van der Waals surface area contributed by atoms with E-state index >= 15 is 0 Å². The number of hydrogen-bond donors (Lipinski definition) is 2. The Morgan fingerprint density at radius 2 is 1.75 bits per heavy atom. The molecular formula is C33H44N8O3. The molecule has 5 rings (SSSR count). The molecule has 0 spiro atoms. The van der Waals surface area contributed by atoms with Crippen LogP contribution in [0.4, 0.5) is 34.5 Å². The van der Waals surface area contributed by atoms with E-state index in [1.807, 2.05) is 50.2 Å². The van der Waals surface area contributed by atoms with Gasteiger partial charge in [0.15, 0.2) is 5.82 Å². The third-order valence-electron chi connectivity index (χ3n) is 8.50. The van der Waals surface area contributed by atoms with Crippen molar-refractivity contribution in [2.75, 3.05) is 79.3 Å². The van der Waals surface area contributed by atoms with Crippen molar-refractivity contribution in [2.45, 2.75) is 39.7 Å². The second-order valence-electron chi connectivity index (χ2n) is 12.5. The Hall–Kier alpha value is -4.38. The van der Waals surface area contributed by atoms with Crippen LogP contribution in [-0.4, -0.2) is 86.2 Å². The highest BCUT2D eigenvalue weighted by Crippen LogP contribution is 2.39. The average Bonchev–Trinajstić information content (AvgIpc) is 3.01. The minimum atomic E-state index is -0.745. The lowest BCUT2D eigenvalue weighted by atomic mass is 9.96. The van der Waals surface area contributed by atoms with Crippen LogP contribution in [0.15, 0.2) is 48.7 Å². The number of piperazine rings is 1. The van der Waals surface area contributed by atoms with Crippen LogP contribution in [0.5, 0.6) is 5.75 Å². The number of fused-ring (bicyclic) bond motifs is 1. The van der Waals surface area contributed by atoms with Gasteiger partial charge in [-0.1, -0.05) is 13.8 Å². The van der Waals surface area contributed by atoms with Crippen LogP contribution in [-0.2, 0) is 4.79 Å². The van der Waals surface area contributed by atoms with Gasteiger partial charge in [-0.3, -0.25) is 9.59 Å². The molecule has 11 nitrogen and oxygen atoms in total. The molecule has 0 unspecified atom stereocenters. The van der Waals surface area contributed by atoms with Crippen molar-refractivity contribution in [3.8, 4) is 5.75 Å². The van der Waals surface area contributed by atoms with Gasteiger partial charge in [-0.05, 0) is 69.6 Å². The molecule has 2 N–H and O–H groups in total. The highest BCUT2D eigenvalue weighted by Gasteiger charge is 2.44. The second kappa shape index (κ2) is 12.7. The number of carbonyl (C=O) groups excluding carboxylic acids is 2. The molecule has 2 aliphatic heterocycles. The van der Waals surface area contributed by atoms with E-state index in [1.165, 1.54) is 0 Å². The maximum absolute atomic E-state index is 13.2. The molecule has 0 radical (unpaired) electrons. The molecular weight excluding hydrogens is 556 g/mol. The number of methoxy groups -OCH3 is 1. The molecule has 0 bridgehead atoms. The number of nitrogens with one attached hydrogen (secondary N) is 2. The van der Waals surface area contributed by atoms with E-state index in [0.29, 0.717) is 52.6 Å². The Kier molecular flexibility index (Phi) is 8.96. The summed E-state index contributed by atoms with van der Waals surface area (Å²) >= 11 is 0. The number of rotatable bonds is 9. The summed E-state index contributed by atoms with van der Waals surface area (Å²) in [6.45, 7) is 12.9. The minimum absolute atomic E-state index is 0.00310. The molecule has 2 aliphatic rings. The first kappa shape index (κ1) is 31.1. The quantitative estimate of drug-likeness (QED) is 0.357. The second-order valence-corrected chi connectivity index (χ2v) is 12.5. The molecule has 0 aliphatic carbocycles. The van der Waals surface area contributed by atoms with Crippen LogP contribution >= 0.6 is 0 Å². The number of aromatic nitrogens is 2. The van der Waals surface area contributed by atoms with Crippen LogP contribution in [0.25, 0.3) is 0 Å². The van der Waals surface area contributed by atoms with Crippen molar-refractivity contribution in [1.29, 1.82) is 0 Å². The van der Waals surface area contributed by atoms with Crippen molar-refractivity contribution < 1.29 is 14.3 Å². The van der Waals surface area contributed by atoms with Crippen molar-refractivity contribution in [3.63, 3.8) is 0 Å². The summed E-state index contributed by atoms with van der Waals surface area (Å²) in [7, 11) is 5.47. The number of likely N-dealkylation sites (N-methyl/N-ethyl adjacent to an activating group) is 2. The molecule has 2 amide bonds. The monoisotopic (exact) mass is 600 g/mol. The van der Waals surface area contributed by atoms with Crippen LogP contribution in [0.1, 0.15) is 44.5 Å². The summed E-state index contributed by atoms with van der Waals surface area (Å²) in [5, 5.41) is 6.24. The van der Waals surface area contributed by atoms with Crippen LogP contribution in [0.3, 0.4) is 0 Å². The molecule has 1 fully saturated rings. The Bertz CT molecular complexity index is 1500. The number of nitrogens with zero attached hydrogens (tertiary/aromatic N) is 6. The zero-order valence-electron chi connectivity index (χ0n) is 26.8. The first-order chi connectivity index (χ1) is 21.0. The molecule has 44 heavy (non-hydrogen) atoms. The maximum atomic E-state index is 13.2. The van der Waals surface area contributed by atoms with Crippen molar-refractivity contribution in [2.24, 2.45) is 5.92 Å². The normalized spacial score (nSPS) is 16.6. The molecule has 3 aromatic rings. The fourth-order valence-electron chi connectivity index (χ4n) is 5.62. The number of ether oxygens (including phenoxy) is 1. The first-order valence-corrected chi connectivity index (χ1v) is 15.2. The molecule has 2 aromatic carbocycles. The van der Waals surface area contributed by atoms with Gasteiger partial charge < -0.3 is 35.0 Å². The number of anilines is 6. The van der Waals surface area contributed by atoms with Crippen LogP contribution < -0.4 is 30.1 Å². The predicted octanol–water partition coefficient (Wildman–Crippen LogP) is 4.84. The van der Waals surface area contributed by atoms with E-state index in [2.05, 4.69) is 51.2 Å². The van der Waals surface area contributed by atoms with Gasteiger partial charge in [0.05, 0.1) is 19.0 Å². The molecule has 11 heteroatoms. The summed E-state index contributed by atoms with van der Waals surface area (Å²) in [4.78, 5) is 43.9. The number of benzene rings is 2. The molecule has 0 saturated carbocycles. The Morgan fingerprint density at radius 3 is 2.41 bits per heavy atom. The van der Waals surface area contributed by atoms with E-state index in [9.17, 15) is 9.59 Å². The molecule has 3 heterocycles. The molecule has 1 aromatic heterocycles. The first-order valence-electron chi connectivity index (χ1n) is 15.2. The largest absolute Gasteiger partial charge is 0.494 e. The highest BCUT2D eigenvalue weighted by atomic mass is 16.5. The Labute approximate surface area is 260 Å². The number of carbonyl (C=O) groups is 2. The number of amides is 2. The van der Waals surface area contributed by atoms with E-state index in [-0.39, 0.29) is 11.8 Å². The lowest BCUT2D eigenvalue weighted by Crippen LogP contribution is -2.60. The maximum Gasteiger partial charge on any atom is 0.255 e. The third-order valence-corrected chi connectivity index (χ3v) is 8.50. The summed E-state index contributed by atoms with van der Waals surface area (Å²) in [6.07, 6.45) is 2.60. The highest BCUT2D eigenvalue weighted by molar-refractivity contribution is 6.07. The van der Waals surface area contributed by atoms with Gasteiger partial charge in [0.1, 0.15) is 17.0 Å². The minimum Gasteiger partial charge on any atom is -0.494 e. The van der Waals surface area contributed by atoms with E-state index in [4.69, 9.17) is 9.72 Å². The topological polar surface area (TPSA) is 106 Å². The van der Waals surface area contributed by atoms with E-state index < -0.39 is 5.54 Å². The zero-order chi connectivity index (χ0) is 31.6. The van der Waals surface area contributed by atoms with E-state index in [0.717, 1.165) is 38.3 Å². The van der Waals surface area contributed by atoms with Crippen molar-refractivity contribution in [3.05, 3.63) is 54.2 Å². The smallest absolute Gasteiger partial charge is 0.255 e. The summed E-state index contributed by atoms with van der Waals surface area (Å²) in [6, 6.07) is 13.1. The molecule has 234 valence electrons. The van der Waals surface area contributed by atoms with Crippen LogP contribution in [0.2, 0.25) is 0 Å². The summed E-state index contributed by atoms with van der Waals surface area (Å²) in [5.41, 5.74) is 2.89. The van der Waals surface area contributed by atoms with Gasteiger partial charge in [0.2, 0.25) is 5.95 Å². The van der Waals surface area contributed by atoms with Gasteiger partial charge in [0, 0.05) is 62.8 Å². The van der Waals surface area contributed by atoms with E-state index in [1.54, 1.807) is 31.3 Å². The third kappa shape index (κ3) is 6.42. The van der Waals surface area contributed by atoms with Gasteiger partial charge >= 0.3 is 0 Å². The lowest BCUT2D eigenvalue weighted by Gasteiger charge is -2.46. The van der Waals surface area contributed by atoms with Gasteiger partial charge in [-0.15, -0.1) is 0 Å². The average molecular weight is 601 g/mol. The Balaban J connectivity index is 1.31.